The maximum atomic E-state index is 12.0. The lowest BCUT2D eigenvalue weighted by atomic mass is 10.1. The third-order valence-corrected chi connectivity index (χ3v) is 3.38. The lowest BCUT2D eigenvalue weighted by molar-refractivity contribution is 0.0946. The summed E-state index contributed by atoms with van der Waals surface area (Å²) in [5.41, 5.74) is 6.09. The van der Waals surface area contributed by atoms with Crippen molar-refractivity contribution in [3.8, 4) is 0 Å². The van der Waals surface area contributed by atoms with Gasteiger partial charge in [-0.1, -0.05) is 51.0 Å². The lowest BCUT2D eigenvalue weighted by Crippen LogP contribution is -2.43. The summed E-state index contributed by atoms with van der Waals surface area (Å²) >= 11 is 11.5. The van der Waals surface area contributed by atoms with Gasteiger partial charge in [0, 0.05) is 14.5 Å². The maximum absolute atomic E-state index is 12.0. The first-order valence-corrected chi connectivity index (χ1v) is 6.99. The minimum absolute atomic E-state index is 0.188. The molecule has 0 spiro atoms. The fourth-order valence-electron chi connectivity index (χ4n) is 1.30. The maximum Gasteiger partial charge on any atom is 0.251 e. The summed E-state index contributed by atoms with van der Waals surface area (Å²) in [6.45, 7) is 1.92. The van der Waals surface area contributed by atoms with Gasteiger partial charge in [-0.3, -0.25) is 4.79 Å². The highest BCUT2D eigenvalue weighted by atomic mass is 79.9. The summed E-state index contributed by atoms with van der Waals surface area (Å²) in [5.74, 6) is -0.188. The van der Waals surface area contributed by atoms with E-state index in [1.165, 1.54) is 0 Å². The van der Waals surface area contributed by atoms with E-state index in [4.69, 9.17) is 18.0 Å². The van der Waals surface area contributed by atoms with E-state index in [0.29, 0.717) is 17.0 Å². The van der Waals surface area contributed by atoms with Gasteiger partial charge >= 0.3 is 0 Å². The molecule has 6 heteroatoms. The first-order valence-electron chi connectivity index (χ1n) is 5.00. The number of amides is 1. The third kappa shape index (κ3) is 4.37. The highest BCUT2D eigenvalue weighted by molar-refractivity contribution is 9.11. The van der Waals surface area contributed by atoms with Crippen LogP contribution in [0.3, 0.4) is 0 Å². The van der Waals surface area contributed by atoms with Gasteiger partial charge in [-0.2, -0.15) is 0 Å². The first-order chi connectivity index (χ1) is 7.93. The van der Waals surface area contributed by atoms with Crippen LogP contribution in [0, 0.1) is 0 Å². The Bertz CT molecular complexity index is 431. The van der Waals surface area contributed by atoms with E-state index in [9.17, 15) is 4.79 Å². The number of carbonyl (C=O) groups excluding carboxylic acids is 1. The molecular formula is C11H12Br2N2OS. The molecule has 0 saturated carbocycles. The Morgan fingerprint density at radius 2 is 1.94 bits per heavy atom. The molecule has 0 heterocycles. The molecule has 0 saturated heterocycles. The molecule has 0 aliphatic rings. The number of halogens is 2. The molecule has 1 aromatic rings. The molecule has 1 aromatic carbocycles. The predicted molar refractivity (Wildman–Crippen MR) is 80.2 cm³/mol. The van der Waals surface area contributed by atoms with Gasteiger partial charge in [-0.25, -0.2) is 0 Å². The molecule has 92 valence electrons. The molecule has 0 aliphatic heterocycles. The van der Waals surface area contributed by atoms with Crippen molar-refractivity contribution in [3.63, 3.8) is 0 Å². The van der Waals surface area contributed by atoms with E-state index < -0.39 is 0 Å². The van der Waals surface area contributed by atoms with E-state index in [-0.39, 0.29) is 11.9 Å². The minimum Gasteiger partial charge on any atom is -0.392 e. The molecular weight excluding hydrogens is 368 g/mol. The largest absolute Gasteiger partial charge is 0.392 e. The molecule has 1 rings (SSSR count). The number of nitrogens with one attached hydrogen (secondary N) is 1. The van der Waals surface area contributed by atoms with Crippen molar-refractivity contribution in [3.05, 3.63) is 32.7 Å². The summed E-state index contributed by atoms with van der Waals surface area (Å²) in [6, 6.07) is 5.08. The number of thiocarbonyl (C=S) groups is 1. The Morgan fingerprint density at radius 3 is 2.35 bits per heavy atom. The van der Waals surface area contributed by atoms with E-state index >= 15 is 0 Å². The number of hydrogen-bond donors (Lipinski definition) is 2. The van der Waals surface area contributed by atoms with Gasteiger partial charge in [0.2, 0.25) is 0 Å². The van der Waals surface area contributed by atoms with Crippen LogP contribution >= 0.6 is 44.1 Å². The van der Waals surface area contributed by atoms with Gasteiger partial charge in [0.25, 0.3) is 5.91 Å². The van der Waals surface area contributed by atoms with Gasteiger partial charge in [0.1, 0.15) is 0 Å². The molecule has 1 atom stereocenters. The van der Waals surface area contributed by atoms with E-state index in [0.717, 1.165) is 8.95 Å². The molecule has 0 radical (unpaired) electrons. The normalized spacial score (nSPS) is 11.9. The number of benzene rings is 1. The highest BCUT2D eigenvalue weighted by Crippen LogP contribution is 2.20. The fourth-order valence-corrected chi connectivity index (χ4v) is 2.82. The molecule has 3 N–H and O–H groups in total. The molecule has 1 amide bonds. The molecule has 17 heavy (non-hydrogen) atoms. The van der Waals surface area contributed by atoms with Crippen LogP contribution < -0.4 is 11.1 Å². The fraction of sp³-hybridized carbons (Fsp3) is 0.273. The van der Waals surface area contributed by atoms with Gasteiger partial charge in [0.05, 0.1) is 11.0 Å². The van der Waals surface area contributed by atoms with Crippen molar-refractivity contribution in [1.82, 2.24) is 5.32 Å². The Kier molecular flexibility index (Phi) is 5.55. The summed E-state index contributed by atoms with van der Waals surface area (Å²) < 4.78 is 1.67. The quantitative estimate of drug-likeness (QED) is 0.790. The topological polar surface area (TPSA) is 55.1 Å². The average molecular weight is 380 g/mol. The predicted octanol–water partition coefficient (Wildman–Crippen LogP) is 3.01. The Hall–Kier alpha value is -0.460. The van der Waals surface area contributed by atoms with Crippen molar-refractivity contribution >= 4 is 55.0 Å². The van der Waals surface area contributed by atoms with E-state index in [1.54, 1.807) is 12.1 Å². The van der Waals surface area contributed by atoms with Crippen LogP contribution in [0.15, 0.2) is 27.1 Å². The van der Waals surface area contributed by atoms with Crippen molar-refractivity contribution < 1.29 is 4.79 Å². The zero-order valence-corrected chi connectivity index (χ0v) is 13.2. The van der Waals surface area contributed by atoms with Crippen molar-refractivity contribution in [2.24, 2.45) is 5.73 Å². The van der Waals surface area contributed by atoms with Crippen molar-refractivity contribution in [1.29, 1.82) is 0 Å². The Balaban J connectivity index is 2.86. The number of rotatable bonds is 4. The van der Waals surface area contributed by atoms with E-state index in [1.807, 2.05) is 13.0 Å². The second kappa shape index (κ2) is 6.47. The number of hydrogen-bond acceptors (Lipinski definition) is 2. The third-order valence-electron chi connectivity index (χ3n) is 2.18. The van der Waals surface area contributed by atoms with Gasteiger partial charge in [0.15, 0.2) is 0 Å². The number of nitrogens with two attached hydrogens (primary N) is 1. The second-order valence-corrected chi connectivity index (χ2v) is 5.80. The summed E-state index contributed by atoms with van der Waals surface area (Å²) in [6.07, 6.45) is 0.677. The zero-order chi connectivity index (χ0) is 13.0. The van der Waals surface area contributed by atoms with Gasteiger partial charge in [-0.15, -0.1) is 0 Å². The van der Waals surface area contributed by atoms with Crippen LogP contribution in [-0.2, 0) is 0 Å². The smallest absolute Gasteiger partial charge is 0.251 e. The lowest BCUT2D eigenvalue weighted by Gasteiger charge is -2.15. The van der Waals surface area contributed by atoms with Crippen molar-refractivity contribution in [2.45, 2.75) is 19.4 Å². The Labute approximate surface area is 122 Å². The molecule has 0 bridgehead atoms. The van der Waals surface area contributed by atoms with Crippen molar-refractivity contribution in [2.75, 3.05) is 0 Å². The van der Waals surface area contributed by atoms with Crippen LogP contribution in [0.4, 0.5) is 0 Å². The summed E-state index contributed by atoms with van der Waals surface area (Å²) in [5, 5.41) is 2.79. The molecule has 1 unspecified atom stereocenters. The van der Waals surface area contributed by atoms with Gasteiger partial charge < -0.3 is 11.1 Å². The number of carbonyl (C=O) groups is 1. The molecule has 0 aliphatic carbocycles. The molecule has 0 fully saturated rings. The van der Waals surface area contributed by atoms with Crippen LogP contribution in [0.25, 0.3) is 0 Å². The molecule has 3 nitrogen and oxygen atoms in total. The highest BCUT2D eigenvalue weighted by Gasteiger charge is 2.14. The SMILES string of the molecule is CCC(NC(=O)c1cc(Br)cc(Br)c1)C(N)=S. The van der Waals surface area contributed by atoms with Crippen LogP contribution in [0.1, 0.15) is 23.7 Å². The van der Waals surface area contributed by atoms with Crippen LogP contribution in [0.2, 0.25) is 0 Å². The first kappa shape index (κ1) is 14.6. The second-order valence-electron chi connectivity index (χ2n) is 3.49. The Morgan fingerprint density at radius 1 is 1.41 bits per heavy atom. The van der Waals surface area contributed by atoms with E-state index in [2.05, 4.69) is 37.2 Å². The summed E-state index contributed by atoms with van der Waals surface area (Å²) in [7, 11) is 0. The minimum atomic E-state index is -0.268. The van der Waals surface area contributed by atoms with Crippen LogP contribution in [0.5, 0.6) is 0 Å². The average Bonchev–Trinajstić information content (AvgIpc) is 2.23. The molecule has 0 aromatic heterocycles. The standard InChI is InChI=1S/C11H12Br2N2OS/c1-2-9(10(14)17)15-11(16)6-3-7(12)5-8(13)4-6/h3-5,9H,2H2,1H3,(H2,14,17)(H,15,16). The monoisotopic (exact) mass is 378 g/mol. The summed E-state index contributed by atoms with van der Waals surface area (Å²) in [4.78, 5) is 12.3. The van der Waals surface area contributed by atoms with Gasteiger partial charge in [-0.05, 0) is 24.6 Å². The van der Waals surface area contributed by atoms with Crippen LogP contribution in [-0.4, -0.2) is 16.9 Å². The zero-order valence-electron chi connectivity index (χ0n) is 9.17.